The number of allylic oxidation sites excluding steroid dienone is 8. The van der Waals surface area contributed by atoms with Crippen LogP contribution in [0.3, 0.4) is 0 Å². The van der Waals surface area contributed by atoms with Gasteiger partial charge in [-0.05, 0) is 126 Å². The van der Waals surface area contributed by atoms with Crippen LogP contribution >= 0.6 is 0 Å². The Labute approximate surface area is 310 Å². The minimum Gasteiger partial charge on any atom is -0.392 e. The lowest BCUT2D eigenvalue weighted by Gasteiger charge is -2.56. The lowest BCUT2D eigenvalue weighted by atomic mass is 9.52. The molecule has 1 amide bonds. The second kappa shape index (κ2) is 16.5. The molecule has 0 aromatic heterocycles. The number of Topliss-reactive ketones (excluding diaryl/α,β-unsaturated/α-hetero) is 1. The molecule has 0 saturated heterocycles. The third kappa shape index (κ3) is 8.32. The second-order valence-corrected chi connectivity index (χ2v) is 16.6. The van der Waals surface area contributed by atoms with E-state index in [1.165, 1.54) is 5.57 Å². The summed E-state index contributed by atoms with van der Waals surface area (Å²) >= 11 is 0. The topological polar surface area (TPSA) is 153 Å². The highest BCUT2D eigenvalue weighted by Gasteiger charge is 2.64. The second-order valence-electron chi connectivity index (χ2n) is 16.6. The summed E-state index contributed by atoms with van der Waals surface area (Å²) in [7, 11) is 0. The Balaban J connectivity index is 1.48. The van der Waals surface area contributed by atoms with Gasteiger partial charge in [0, 0.05) is 17.8 Å². The molecule has 1 aliphatic heterocycles. The maximum Gasteiger partial charge on any atom is 0.225 e. The summed E-state index contributed by atoms with van der Waals surface area (Å²) in [6.45, 7) is 11.8. The highest BCUT2D eigenvalue weighted by Crippen LogP contribution is 2.63. The van der Waals surface area contributed by atoms with Gasteiger partial charge in [0.2, 0.25) is 5.91 Å². The van der Waals surface area contributed by atoms with Gasteiger partial charge in [0.05, 0.1) is 30.3 Å². The van der Waals surface area contributed by atoms with Crippen molar-refractivity contribution in [3.63, 3.8) is 0 Å². The van der Waals surface area contributed by atoms with E-state index in [0.717, 1.165) is 66.4 Å². The highest BCUT2D eigenvalue weighted by atomic mass is 16.3. The molecule has 3 aliphatic carbocycles. The van der Waals surface area contributed by atoms with E-state index in [1.807, 2.05) is 50.3 Å². The van der Waals surface area contributed by atoms with E-state index >= 15 is 0 Å². The van der Waals surface area contributed by atoms with E-state index in [2.05, 4.69) is 31.8 Å². The summed E-state index contributed by atoms with van der Waals surface area (Å²) in [5.41, 5.74) is 10.1. The van der Waals surface area contributed by atoms with Gasteiger partial charge in [0.25, 0.3) is 0 Å². The number of hydrogen-bond donors (Lipinski definition) is 6. The van der Waals surface area contributed by atoms with Crippen molar-refractivity contribution < 1.29 is 30.0 Å². The Morgan fingerprint density at radius 2 is 1.85 bits per heavy atom. The minimum atomic E-state index is -1.24. The van der Waals surface area contributed by atoms with Crippen molar-refractivity contribution >= 4 is 11.7 Å². The number of fused-ring (bicyclic) bond motifs is 1. The Hall–Kier alpha value is -3.14. The Kier molecular flexibility index (Phi) is 12.7. The van der Waals surface area contributed by atoms with Gasteiger partial charge in [-0.3, -0.25) is 9.59 Å². The number of hydrogen-bond acceptors (Lipinski definition) is 7. The first-order valence-electron chi connectivity index (χ1n) is 19.4. The predicted octanol–water partition coefficient (Wildman–Crippen LogP) is 6.53. The zero-order valence-corrected chi connectivity index (χ0v) is 31.8. The molecule has 4 aliphatic rings. The molecule has 5 rings (SSSR count). The van der Waals surface area contributed by atoms with Crippen LogP contribution in [0.25, 0.3) is 0 Å². The first-order chi connectivity index (χ1) is 24.6. The minimum absolute atomic E-state index is 0.0563. The molecule has 1 heterocycles. The summed E-state index contributed by atoms with van der Waals surface area (Å²) < 4.78 is 0. The van der Waals surface area contributed by atoms with Crippen molar-refractivity contribution in [3.8, 4) is 0 Å². The Morgan fingerprint density at radius 3 is 2.54 bits per heavy atom. The molecule has 0 bridgehead atoms. The van der Waals surface area contributed by atoms with Crippen LogP contribution in [0.2, 0.25) is 0 Å². The smallest absolute Gasteiger partial charge is 0.225 e. The van der Waals surface area contributed by atoms with Crippen molar-refractivity contribution in [1.82, 2.24) is 5.32 Å². The van der Waals surface area contributed by atoms with E-state index < -0.39 is 28.9 Å². The van der Waals surface area contributed by atoms with Gasteiger partial charge in [-0.1, -0.05) is 78.6 Å². The Bertz CT molecular complexity index is 1640. The van der Waals surface area contributed by atoms with Gasteiger partial charge in [-0.15, -0.1) is 0 Å². The number of benzene rings is 1. The van der Waals surface area contributed by atoms with Crippen molar-refractivity contribution in [2.24, 2.45) is 23.0 Å². The molecule has 7 N–H and O–H groups in total. The van der Waals surface area contributed by atoms with Crippen LogP contribution in [-0.2, 0) is 22.4 Å². The van der Waals surface area contributed by atoms with Crippen LogP contribution in [0.4, 0.5) is 0 Å². The van der Waals surface area contributed by atoms with E-state index in [4.69, 9.17) is 5.73 Å². The predicted molar refractivity (Wildman–Crippen MR) is 206 cm³/mol. The quantitative estimate of drug-likeness (QED) is 0.0773. The number of amides is 1. The molecule has 1 spiro atoms. The number of carbonyl (C=O) groups excluding carboxylic acids is 2. The zero-order chi connectivity index (χ0) is 37.8. The summed E-state index contributed by atoms with van der Waals surface area (Å²) in [4.78, 5) is 26.6. The molecule has 52 heavy (non-hydrogen) atoms. The molecule has 8 heteroatoms. The standard InChI is InChI=1S/C44H62N2O6/c1-28(2)11-8-12-29(3)13-9-15-32(27-47)34-18-24-44(40(34)50)37(19-23-43(52)20-6-7-21-43)33(17-22-42(44,5)51)30(4)38(48)25-31-14-10-16-35-36(31)26-39(49)46-41(35)45/h9-11,13-16,34,37,40-41,47,50-52H,3,6-8,12,17-27,45H2,1-2,4-5H3,(H,46,49)/b13-9+,32-15-,33-30+/t34-,37-,40-,41+,42-,44-/m1/s1. The Morgan fingerprint density at radius 1 is 1.12 bits per heavy atom. The molecule has 6 atom stereocenters. The van der Waals surface area contributed by atoms with Crippen molar-refractivity contribution in [2.75, 3.05) is 6.61 Å². The lowest BCUT2D eigenvalue weighted by molar-refractivity contribution is -0.169. The van der Waals surface area contributed by atoms with Crippen LogP contribution < -0.4 is 11.1 Å². The first-order valence-corrected chi connectivity index (χ1v) is 19.4. The van der Waals surface area contributed by atoms with Crippen LogP contribution in [-0.4, -0.2) is 56.0 Å². The normalized spacial score (nSPS) is 31.1. The van der Waals surface area contributed by atoms with Crippen LogP contribution in [0.5, 0.6) is 0 Å². The number of aliphatic hydroxyl groups is 4. The van der Waals surface area contributed by atoms with Crippen molar-refractivity contribution in [1.29, 1.82) is 0 Å². The maximum absolute atomic E-state index is 14.2. The summed E-state index contributed by atoms with van der Waals surface area (Å²) in [5, 5.41) is 49.7. The average molecular weight is 715 g/mol. The number of nitrogens with two attached hydrogens (primary N) is 1. The van der Waals surface area contributed by atoms with E-state index in [1.54, 1.807) is 0 Å². The van der Waals surface area contributed by atoms with Gasteiger partial charge in [-0.2, -0.15) is 0 Å². The van der Waals surface area contributed by atoms with Gasteiger partial charge >= 0.3 is 0 Å². The molecule has 1 aromatic rings. The van der Waals surface area contributed by atoms with E-state index in [0.29, 0.717) is 49.7 Å². The molecule has 8 nitrogen and oxygen atoms in total. The number of ketones is 1. The summed E-state index contributed by atoms with van der Waals surface area (Å²) in [6.07, 6.45) is 14.8. The van der Waals surface area contributed by atoms with Gasteiger partial charge < -0.3 is 31.5 Å². The molecule has 3 fully saturated rings. The van der Waals surface area contributed by atoms with Gasteiger partial charge in [-0.25, -0.2) is 0 Å². The fourth-order valence-electron chi connectivity index (χ4n) is 9.97. The molecular weight excluding hydrogens is 652 g/mol. The number of rotatable bonds is 13. The summed E-state index contributed by atoms with van der Waals surface area (Å²) in [6, 6.07) is 5.65. The zero-order valence-electron chi connectivity index (χ0n) is 31.8. The van der Waals surface area contributed by atoms with Crippen LogP contribution in [0.1, 0.15) is 128 Å². The SMILES string of the molecule is C=C(/C=C/C=C(/CO)[C@H]1CC[C@@]2([C@H](CCC3(O)CCCC3)/C(=C(\C)C(=O)Cc3cccc4c3CC(=O)N[C@@H]4N)CC[C@@]2(C)O)[C@@H]1O)CCC=C(C)C. The molecule has 0 radical (unpaired) electrons. The first kappa shape index (κ1) is 40.1. The third-order valence-electron chi connectivity index (χ3n) is 13.0. The number of carbonyl (C=O) groups is 2. The molecule has 3 saturated carbocycles. The largest absolute Gasteiger partial charge is 0.392 e. The van der Waals surface area contributed by atoms with Crippen molar-refractivity contribution in [2.45, 2.75) is 141 Å². The molecule has 0 unspecified atom stereocenters. The van der Waals surface area contributed by atoms with E-state index in [-0.39, 0.29) is 43.0 Å². The fourth-order valence-corrected chi connectivity index (χ4v) is 9.97. The lowest BCUT2D eigenvalue weighted by Crippen LogP contribution is -2.59. The summed E-state index contributed by atoms with van der Waals surface area (Å²) in [5.74, 6) is -0.950. The van der Waals surface area contributed by atoms with Crippen molar-refractivity contribution in [3.05, 3.63) is 93.6 Å². The molecule has 284 valence electrons. The van der Waals surface area contributed by atoms with Gasteiger partial charge in [0.1, 0.15) is 6.17 Å². The molecular formula is C44H62N2O6. The maximum atomic E-state index is 14.2. The third-order valence-corrected chi connectivity index (χ3v) is 13.0. The van der Waals surface area contributed by atoms with E-state index in [9.17, 15) is 30.0 Å². The highest BCUT2D eigenvalue weighted by molar-refractivity contribution is 5.97. The average Bonchev–Trinajstić information content (AvgIpc) is 3.67. The van der Waals surface area contributed by atoms with Crippen LogP contribution in [0, 0.1) is 17.3 Å². The van der Waals surface area contributed by atoms with Crippen LogP contribution in [0.15, 0.2) is 76.9 Å². The fraction of sp³-hybridized carbons (Fsp3) is 0.591. The molecule has 1 aromatic carbocycles. The number of aliphatic hydroxyl groups excluding tert-OH is 2. The van der Waals surface area contributed by atoms with Gasteiger partial charge in [0.15, 0.2) is 5.78 Å². The monoisotopic (exact) mass is 714 g/mol. The number of nitrogens with one attached hydrogen (secondary N) is 1.